The van der Waals surface area contributed by atoms with E-state index in [1.165, 1.54) is 143 Å². The number of anilines is 3. The zero-order valence-electron chi connectivity index (χ0n) is 60.1. The van der Waals surface area contributed by atoms with Crippen LogP contribution in [0.25, 0.3) is 104 Å². The Morgan fingerprint density at radius 2 is 0.681 bits per heavy atom. The van der Waals surface area contributed by atoms with E-state index in [1.807, 2.05) is 0 Å². The van der Waals surface area contributed by atoms with Crippen molar-refractivity contribution in [3.8, 4) is 50.2 Å². The Bertz CT molecular complexity index is 4980. The lowest BCUT2D eigenvalue weighted by Gasteiger charge is -2.34. The van der Waals surface area contributed by atoms with E-state index in [9.17, 15) is 0 Å². The Morgan fingerprint density at radius 1 is 0.234 bits per heavy atom. The van der Waals surface area contributed by atoms with E-state index in [1.54, 1.807) is 0 Å². The van der Waals surface area contributed by atoms with Crippen LogP contribution >= 0.6 is 0 Å². The fourth-order valence-corrected chi connectivity index (χ4v) is 14.3. The molecule has 0 aliphatic heterocycles. The van der Waals surface area contributed by atoms with Gasteiger partial charge in [0.05, 0.1) is 33.8 Å². The molecule has 0 spiro atoms. The van der Waals surface area contributed by atoms with Gasteiger partial charge in [-0.3, -0.25) is 0 Å². The van der Waals surface area contributed by atoms with Crippen molar-refractivity contribution in [1.82, 2.24) is 4.57 Å². The van der Waals surface area contributed by atoms with Crippen molar-refractivity contribution in [2.45, 2.75) is 183 Å². The molecule has 0 aliphatic rings. The molecule has 0 fully saturated rings. The number of hydrogen-bond donors (Lipinski definition) is 0. The van der Waals surface area contributed by atoms with Crippen LogP contribution in [-0.2, 0) is 37.9 Å². The van der Waals surface area contributed by atoms with E-state index in [2.05, 4.69) is 367 Å². The molecule has 0 atom stereocenters. The molecular weight excluding hydrogens is 1130 g/mol. The maximum absolute atomic E-state index is 2.66. The first-order chi connectivity index (χ1) is 44.0. The molecule has 13 rings (SSSR count). The van der Waals surface area contributed by atoms with Crippen LogP contribution in [0.4, 0.5) is 17.1 Å². The SMILES string of the molecule is CC(C)(C)c1ccc(-c2ccccc2-c2ccc(C(C)(C)C)cc2N(c2ccc(C(C)(C)C)cc2-c2cccc(-c3cc(C(C)(C)C)cc(C(C)(C)C)c3)c2)c2ccc3ccc4c(-n5c6ccc(C(C)(C)C)cc6c6cc(C(C)(C)C)ccc65)ccc5ccc2c3c54)cc1. The summed E-state index contributed by atoms with van der Waals surface area (Å²) in [7, 11) is 0. The first kappa shape index (κ1) is 64.0. The highest BCUT2D eigenvalue weighted by Crippen LogP contribution is 2.53. The van der Waals surface area contributed by atoms with Crippen LogP contribution in [0.3, 0.4) is 0 Å². The van der Waals surface area contributed by atoms with E-state index >= 15 is 0 Å². The fraction of sp³-hybridized carbons (Fsp3) is 0.304. The molecule has 0 saturated heterocycles. The van der Waals surface area contributed by atoms with Gasteiger partial charge in [0.2, 0.25) is 0 Å². The van der Waals surface area contributed by atoms with Crippen LogP contribution in [0.5, 0.6) is 0 Å². The predicted molar refractivity (Wildman–Crippen MR) is 412 cm³/mol. The third-order valence-electron chi connectivity index (χ3n) is 20.3. The Balaban J connectivity index is 1.13. The van der Waals surface area contributed by atoms with Crippen LogP contribution < -0.4 is 4.90 Å². The normalized spacial score (nSPS) is 13.2. The zero-order valence-corrected chi connectivity index (χ0v) is 60.1. The molecule has 94 heavy (non-hydrogen) atoms. The number of nitrogens with zero attached hydrogens (tertiary/aromatic N) is 2. The Hall–Kier alpha value is -8.72. The van der Waals surface area contributed by atoms with E-state index < -0.39 is 0 Å². The van der Waals surface area contributed by atoms with Gasteiger partial charge in [-0.25, -0.2) is 0 Å². The second-order valence-electron chi connectivity index (χ2n) is 34.4. The summed E-state index contributed by atoms with van der Waals surface area (Å²) in [5, 5.41) is 10.0. The van der Waals surface area contributed by atoms with Gasteiger partial charge in [-0.1, -0.05) is 297 Å². The average Bonchev–Trinajstić information content (AvgIpc) is 1.18. The van der Waals surface area contributed by atoms with Gasteiger partial charge >= 0.3 is 0 Å². The van der Waals surface area contributed by atoms with Crippen molar-refractivity contribution < 1.29 is 0 Å². The first-order valence-corrected chi connectivity index (χ1v) is 34.4. The van der Waals surface area contributed by atoms with E-state index in [-0.39, 0.29) is 37.9 Å². The highest BCUT2D eigenvalue weighted by Gasteiger charge is 2.31. The minimum Gasteiger partial charge on any atom is -0.309 e. The molecule has 1 aromatic heterocycles. The molecule has 2 heteroatoms. The number of rotatable bonds is 8. The highest BCUT2D eigenvalue weighted by atomic mass is 15.1. The van der Waals surface area contributed by atoms with Gasteiger partial charge in [-0.2, -0.15) is 0 Å². The third kappa shape index (κ3) is 11.6. The molecule has 0 unspecified atom stereocenters. The number of benzene rings is 12. The van der Waals surface area contributed by atoms with E-state index in [0.717, 1.165) is 17.1 Å². The van der Waals surface area contributed by atoms with Gasteiger partial charge in [0.1, 0.15) is 0 Å². The predicted octanol–water partition coefficient (Wildman–Crippen LogP) is 26.9. The molecule has 0 amide bonds. The lowest BCUT2D eigenvalue weighted by Crippen LogP contribution is -2.17. The van der Waals surface area contributed by atoms with E-state index in [4.69, 9.17) is 0 Å². The summed E-state index contributed by atoms with van der Waals surface area (Å²) in [6, 6.07) is 83.4. The summed E-state index contributed by atoms with van der Waals surface area (Å²) in [6.07, 6.45) is 0. The topological polar surface area (TPSA) is 8.17 Å². The molecule has 12 aromatic carbocycles. The second-order valence-corrected chi connectivity index (χ2v) is 34.4. The van der Waals surface area contributed by atoms with Crippen molar-refractivity contribution in [2.24, 2.45) is 0 Å². The molecule has 0 aliphatic carbocycles. The maximum atomic E-state index is 2.66. The highest BCUT2D eigenvalue weighted by molar-refractivity contribution is 6.28. The first-order valence-electron chi connectivity index (χ1n) is 34.4. The average molecular weight is 1230 g/mol. The van der Waals surface area contributed by atoms with E-state index in [0.29, 0.717) is 0 Å². The van der Waals surface area contributed by atoms with Crippen LogP contribution in [-0.4, -0.2) is 4.57 Å². The molecule has 0 saturated carbocycles. The van der Waals surface area contributed by atoms with Crippen LogP contribution in [0.2, 0.25) is 0 Å². The van der Waals surface area contributed by atoms with Crippen molar-refractivity contribution in [2.75, 3.05) is 4.90 Å². The Kier molecular flexibility index (Phi) is 15.3. The molecule has 476 valence electrons. The van der Waals surface area contributed by atoms with Crippen molar-refractivity contribution in [1.29, 1.82) is 0 Å². The molecule has 2 nitrogen and oxygen atoms in total. The van der Waals surface area contributed by atoms with Gasteiger partial charge in [-0.15, -0.1) is 0 Å². The molecule has 0 N–H and O–H groups in total. The van der Waals surface area contributed by atoms with Gasteiger partial charge in [0.25, 0.3) is 0 Å². The Morgan fingerprint density at radius 3 is 1.24 bits per heavy atom. The summed E-state index contributed by atoms with van der Waals surface area (Å²) in [4.78, 5) is 2.66. The van der Waals surface area contributed by atoms with Gasteiger partial charge in [0, 0.05) is 32.7 Å². The quantitative estimate of drug-likeness (QED) is 0.138. The van der Waals surface area contributed by atoms with Crippen LogP contribution in [0.15, 0.2) is 212 Å². The third-order valence-corrected chi connectivity index (χ3v) is 20.3. The van der Waals surface area contributed by atoms with Crippen molar-refractivity contribution in [3.05, 3.63) is 251 Å². The maximum Gasteiger partial charge on any atom is 0.0543 e. The smallest absolute Gasteiger partial charge is 0.0543 e. The summed E-state index contributed by atoms with van der Waals surface area (Å²) >= 11 is 0. The monoisotopic (exact) mass is 1230 g/mol. The van der Waals surface area contributed by atoms with Gasteiger partial charge in [0.15, 0.2) is 0 Å². The zero-order chi connectivity index (χ0) is 67.1. The molecule has 1 heterocycles. The largest absolute Gasteiger partial charge is 0.309 e. The lowest BCUT2D eigenvalue weighted by atomic mass is 9.78. The van der Waals surface area contributed by atoms with Gasteiger partial charge < -0.3 is 9.47 Å². The molecule has 13 aromatic rings. The minimum atomic E-state index is -0.170. The summed E-state index contributed by atoms with van der Waals surface area (Å²) < 4.78 is 2.56. The van der Waals surface area contributed by atoms with Gasteiger partial charge in [-0.05, 0) is 192 Å². The van der Waals surface area contributed by atoms with Crippen LogP contribution in [0.1, 0.15) is 184 Å². The standard InChI is InChI=1S/C92H98N2/c1-86(2,3)63-35-29-57(30-36-63)70-27-22-23-28-71(70)72-43-37-67(90(13,14)15)56-83(72)94(80-46-38-64(87(4,5)6)53-75(80)61-26-24-25-60(49-61)62-50-68(91(16,17)18)52-69(51-62)92(19,20)21)79-45-34-59-31-41-73-78(44-33-58-32-42-74(79)85(59)84(58)73)93-81-47-39-65(88(7,8)9)54-76(81)77-55-66(89(10,11)12)40-48-82(77)93/h22-56H,1-21H3. The van der Waals surface area contributed by atoms with Crippen molar-refractivity contribution >= 4 is 71.2 Å². The number of fused-ring (bicyclic) bond motifs is 3. The number of hydrogen-bond acceptors (Lipinski definition) is 1. The number of aromatic nitrogens is 1. The van der Waals surface area contributed by atoms with Crippen LogP contribution in [0, 0.1) is 0 Å². The summed E-state index contributed by atoms with van der Waals surface area (Å²) in [6.45, 7) is 49.0. The molecule has 0 radical (unpaired) electrons. The lowest BCUT2D eigenvalue weighted by molar-refractivity contribution is 0.569. The fourth-order valence-electron chi connectivity index (χ4n) is 14.3. The summed E-state index contributed by atoms with van der Waals surface area (Å²) in [5.41, 5.74) is 25.5. The van der Waals surface area contributed by atoms with Crippen molar-refractivity contribution in [3.63, 3.8) is 0 Å². The molecule has 0 bridgehead atoms. The minimum absolute atomic E-state index is 0.00599. The summed E-state index contributed by atoms with van der Waals surface area (Å²) in [5.74, 6) is 0. The molecular formula is C92H98N2. The Labute approximate surface area is 562 Å². The second kappa shape index (κ2) is 22.5.